The highest BCUT2D eigenvalue weighted by Crippen LogP contribution is 2.31. The van der Waals surface area contributed by atoms with E-state index in [0.29, 0.717) is 24.2 Å². The van der Waals surface area contributed by atoms with Crippen LogP contribution in [0.1, 0.15) is 30.4 Å². The SMILES string of the molecule is Cc1c(CCC(=O)C2CC2)cccc1[N+](=O)[O-]. The van der Waals surface area contributed by atoms with Gasteiger partial charge in [0.1, 0.15) is 5.78 Å². The Morgan fingerprint density at radius 2 is 2.18 bits per heavy atom. The smallest absolute Gasteiger partial charge is 0.272 e. The summed E-state index contributed by atoms with van der Waals surface area (Å²) in [6, 6.07) is 5.05. The zero-order valence-electron chi connectivity index (χ0n) is 9.81. The van der Waals surface area contributed by atoms with Crippen molar-refractivity contribution in [2.45, 2.75) is 32.6 Å². The number of nitro benzene ring substituents is 1. The van der Waals surface area contributed by atoms with Crippen LogP contribution in [-0.2, 0) is 11.2 Å². The lowest BCUT2D eigenvalue weighted by molar-refractivity contribution is -0.385. The molecule has 2 rings (SSSR count). The quantitative estimate of drug-likeness (QED) is 0.580. The summed E-state index contributed by atoms with van der Waals surface area (Å²) in [6.45, 7) is 1.75. The molecule has 0 heterocycles. The molecule has 17 heavy (non-hydrogen) atoms. The van der Waals surface area contributed by atoms with Crippen molar-refractivity contribution in [2.75, 3.05) is 0 Å². The molecule has 4 heteroatoms. The molecule has 4 nitrogen and oxygen atoms in total. The molecule has 1 aliphatic rings. The van der Waals surface area contributed by atoms with Crippen molar-refractivity contribution >= 4 is 11.5 Å². The molecular formula is C13H15NO3. The predicted molar refractivity (Wildman–Crippen MR) is 63.9 cm³/mol. The van der Waals surface area contributed by atoms with Crippen molar-refractivity contribution in [2.24, 2.45) is 5.92 Å². The number of ketones is 1. The van der Waals surface area contributed by atoms with E-state index in [-0.39, 0.29) is 16.5 Å². The van der Waals surface area contributed by atoms with Crippen LogP contribution in [0.4, 0.5) is 5.69 Å². The molecule has 0 radical (unpaired) electrons. The van der Waals surface area contributed by atoms with Crippen LogP contribution in [0.2, 0.25) is 0 Å². The maximum absolute atomic E-state index is 11.6. The van der Waals surface area contributed by atoms with E-state index < -0.39 is 0 Å². The van der Waals surface area contributed by atoms with Gasteiger partial charge in [-0.2, -0.15) is 0 Å². The van der Waals surface area contributed by atoms with Crippen LogP contribution in [0.3, 0.4) is 0 Å². The fraction of sp³-hybridized carbons (Fsp3) is 0.462. The number of hydrogen-bond donors (Lipinski definition) is 0. The molecule has 1 saturated carbocycles. The number of hydrogen-bond acceptors (Lipinski definition) is 3. The first-order valence-electron chi connectivity index (χ1n) is 5.85. The Hall–Kier alpha value is -1.71. The standard InChI is InChI=1S/C13H15NO3/c1-9-10(3-2-4-12(9)14(16)17)7-8-13(15)11-5-6-11/h2-4,11H,5-8H2,1H3. The molecule has 90 valence electrons. The molecule has 0 amide bonds. The van der Waals surface area contributed by atoms with Gasteiger partial charge in [0.2, 0.25) is 0 Å². The van der Waals surface area contributed by atoms with E-state index >= 15 is 0 Å². The number of rotatable bonds is 5. The minimum absolute atomic E-state index is 0.140. The molecule has 0 saturated heterocycles. The second kappa shape index (κ2) is 4.65. The number of carbonyl (C=O) groups is 1. The van der Waals surface area contributed by atoms with E-state index in [4.69, 9.17) is 0 Å². The highest BCUT2D eigenvalue weighted by molar-refractivity contribution is 5.83. The molecule has 0 atom stereocenters. The van der Waals surface area contributed by atoms with Crippen LogP contribution in [0.5, 0.6) is 0 Å². The molecule has 0 aliphatic heterocycles. The third-order valence-corrected chi connectivity index (χ3v) is 3.29. The van der Waals surface area contributed by atoms with E-state index in [1.54, 1.807) is 13.0 Å². The Morgan fingerprint density at radius 3 is 2.76 bits per heavy atom. The third-order valence-electron chi connectivity index (χ3n) is 3.29. The topological polar surface area (TPSA) is 60.2 Å². The summed E-state index contributed by atoms with van der Waals surface area (Å²) in [7, 11) is 0. The van der Waals surface area contributed by atoms with Gasteiger partial charge >= 0.3 is 0 Å². The Morgan fingerprint density at radius 1 is 1.47 bits per heavy atom. The molecule has 1 aliphatic carbocycles. The first kappa shape index (κ1) is 11.8. The predicted octanol–water partition coefficient (Wildman–Crippen LogP) is 2.81. The zero-order valence-corrected chi connectivity index (χ0v) is 9.81. The van der Waals surface area contributed by atoms with Gasteiger partial charge in [0, 0.05) is 24.0 Å². The highest BCUT2D eigenvalue weighted by Gasteiger charge is 2.28. The van der Waals surface area contributed by atoms with Gasteiger partial charge in [-0.3, -0.25) is 14.9 Å². The number of aryl methyl sites for hydroxylation is 1. The molecule has 0 bridgehead atoms. The average molecular weight is 233 g/mol. The fourth-order valence-electron chi connectivity index (χ4n) is 2.01. The number of nitrogens with zero attached hydrogens (tertiary/aromatic N) is 1. The van der Waals surface area contributed by atoms with Gasteiger partial charge in [-0.25, -0.2) is 0 Å². The van der Waals surface area contributed by atoms with Crippen LogP contribution in [0.15, 0.2) is 18.2 Å². The average Bonchev–Trinajstić information content (AvgIpc) is 3.10. The maximum Gasteiger partial charge on any atom is 0.272 e. The molecule has 0 unspecified atom stereocenters. The number of Topliss-reactive ketones (excluding diaryl/α,β-unsaturated/α-hetero) is 1. The highest BCUT2D eigenvalue weighted by atomic mass is 16.6. The molecule has 0 spiro atoms. The normalized spacial score (nSPS) is 14.6. The summed E-state index contributed by atoms with van der Waals surface area (Å²) in [5.41, 5.74) is 1.73. The summed E-state index contributed by atoms with van der Waals surface area (Å²) in [5.74, 6) is 0.574. The minimum atomic E-state index is -0.373. The molecule has 1 aromatic carbocycles. The third kappa shape index (κ3) is 2.70. The maximum atomic E-state index is 11.6. The number of benzene rings is 1. The second-order valence-corrected chi connectivity index (χ2v) is 4.56. The Labute approximate surface area is 99.8 Å². The van der Waals surface area contributed by atoms with Gasteiger partial charge in [-0.05, 0) is 31.7 Å². The first-order chi connectivity index (χ1) is 8.09. The first-order valence-corrected chi connectivity index (χ1v) is 5.85. The largest absolute Gasteiger partial charge is 0.299 e. The van der Waals surface area contributed by atoms with Crippen molar-refractivity contribution in [1.82, 2.24) is 0 Å². The summed E-state index contributed by atoms with van der Waals surface area (Å²) >= 11 is 0. The van der Waals surface area contributed by atoms with E-state index in [1.807, 2.05) is 6.07 Å². The van der Waals surface area contributed by atoms with Crippen molar-refractivity contribution in [3.05, 3.63) is 39.4 Å². The van der Waals surface area contributed by atoms with Gasteiger partial charge in [0.05, 0.1) is 4.92 Å². The van der Waals surface area contributed by atoms with Crippen molar-refractivity contribution in [1.29, 1.82) is 0 Å². The van der Waals surface area contributed by atoms with Gasteiger partial charge in [-0.15, -0.1) is 0 Å². The molecule has 0 aromatic heterocycles. The summed E-state index contributed by atoms with van der Waals surface area (Å²) < 4.78 is 0. The van der Waals surface area contributed by atoms with E-state index in [2.05, 4.69) is 0 Å². The lowest BCUT2D eigenvalue weighted by atomic mass is 10.00. The lowest BCUT2D eigenvalue weighted by Gasteiger charge is -2.05. The van der Waals surface area contributed by atoms with E-state index in [0.717, 1.165) is 18.4 Å². The Balaban J connectivity index is 2.07. The van der Waals surface area contributed by atoms with Gasteiger partial charge < -0.3 is 0 Å². The van der Waals surface area contributed by atoms with Crippen LogP contribution < -0.4 is 0 Å². The van der Waals surface area contributed by atoms with Crippen molar-refractivity contribution < 1.29 is 9.72 Å². The van der Waals surface area contributed by atoms with Crippen LogP contribution in [0, 0.1) is 23.0 Å². The molecule has 0 N–H and O–H groups in total. The minimum Gasteiger partial charge on any atom is -0.299 e. The van der Waals surface area contributed by atoms with E-state index in [1.165, 1.54) is 6.07 Å². The van der Waals surface area contributed by atoms with Crippen LogP contribution in [0.25, 0.3) is 0 Å². The Bertz CT molecular complexity index is 464. The van der Waals surface area contributed by atoms with Crippen molar-refractivity contribution in [3.8, 4) is 0 Å². The summed E-state index contributed by atoms with van der Waals surface area (Å²) in [4.78, 5) is 22.0. The van der Waals surface area contributed by atoms with Crippen LogP contribution in [-0.4, -0.2) is 10.7 Å². The van der Waals surface area contributed by atoms with Crippen molar-refractivity contribution in [3.63, 3.8) is 0 Å². The van der Waals surface area contributed by atoms with E-state index in [9.17, 15) is 14.9 Å². The fourth-order valence-corrected chi connectivity index (χ4v) is 2.01. The van der Waals surface area contributed by atoms with Crippen LogP contribution >= 0.6 is 0 Å². The summed E-state index contributed by atoms with van der Waals surface area (Å²) in [6.07, 6.45) is 3.16. The Kier molecular flexibility index (Phi) is 3.22. The lowest BCUT2D eigenvalue weighted by Crippen LogP contribution is -2.04. The van der Waals surface area contributed by atoms with Gasteiger partial charge in [0.25, 0.3) is 5.69 Å². The number of carbonyl (C=O) groups excluding carboxylic acids is 1. The molecular weight excluding hydrogens is 218 g/mol. The molecule has 1 aromatic rings. The molecule has 1 fully saturated rings. The zero-order chi connectivity index (χ0) is 12.4. The number of nitro groups is 1. The van der Waals surface area contributed by atoms with Gasteiger partial charge in [-0.1, -0.05) is 12.1 Å². The van der Waals surface area contributed by atoms with Gasteiger partial charge in [0.15, 0.2) is 0 Å². The summed E-state index contributed by atoms with van der Waals surface area (Å²) in [5, 5.41) is 10.8. The second-order valence-electron chi connectivity index (χ2n) is 4.56. The monoisotopic (exact) mass is 233 g/mol.